The van der Waals surface area contributed by atoms with Gasteiger partial charge in [0.15, 0.2) is 0 Å². The van der Waals surface area contributed by atoms with Crippen LogP contribution >= 0.6 is 0 Å². The van der Waals surface area contributed by atoms with Crippen LogP contribution in [0.2, 0.25) is 0 Å². The molecule has 1 aromatic carbocycles. The third-order valence-electron chi connectivity index (χ3n) is 8.38. The second-order valence-electron chi connectivity index (χ2n) is 11.0. The summed E-state index contributed by atoms with van der Waals surface area (Å²) in [7, 11) is 0. The van der Waals surface area contributed by atoms with Crippen molar-refractivity contribution in [2.45, 2.75) is 58.8 Å². The van der Waals surface area contributed by atoms with E-state index in [1.807, 2.05) is 50.2 Å². The molecule has 2 heterocycles. The van der Waals surface area contributed by atoms with Crippen LogP contribution in [0.1, 0.15) is 56.3 Å². The Hall–Kier alpha value is -2.95. The summed E-state index contributed by atoms with van der Waals surface area (Å²) in [6, 6.07) is 11.4. The summed E-state index contributed by atoms with van der Waals surface area (Å²) in [4.78, 5) is 31.0. The van der Waals surface area contributed by atoms with Crippen molar-refractivity contribution in [3.05, 3.63) is 64.3 Å². The van der Waals surface area contributed by atoms with Gasteiger partial charge >= 0.3 is 0 Å². The number of hydrogen-bond donors (Lipinski definition) is 1. The van der Waals surface area contributed by atoms with E-state index in [1.165, 1.54) is 38.5 Å². The van der Waals surface area contributed by atoms with E-state index in [0.717, 1.165) is 45.9 Å². The van der Waals surface area contributed by atoms with Gasteiger partial charge in [0.25, 0.3) is 5.56 Å². The van der Waals surface area contributed by atoms with Crippen LogP contribution in [0.5, 0.6) is 0 Å². The Balaban J connectivity index is 1.28. The Kier molecular flexibility index (Phi) is 4.72. The number of nitrogens with zero attached hydrogens (tertiary/aromatic N) is 2. The lowest BCUT2D eigenvalue weighted by molar-refractivity contribution is -0.124. The van der Waals surface area contributed by atoms with Crippen LogP contribution in [-0.4, -0.2) is 15.5 Å². The maximum Gasteiger partial charge on any atom is 0.263 e. The van der Waals surface area contributed by atoms with Crippen molar-refractivity contribution in [2.75, 3.05) is 5.32 Å². The van der Waals surface area contributed by atoms with E-state index in [1.54, 1.807) is 10.8 Å². The molecule has 4 aliphatic carbocycles. The van der Waals surface area contributed by atoms with Gasteiger partial charge in [-0.15, -0.1) is 0 Å². The first-order chi connectivity index (χ1) is 15.9. The van der Waals surface area contributed by atoms with E-state index in [9.17, 15) is 9.59 Å². The SMILES string of the molecule is Cc1ccc(-n2ccc3c(NC(=O)CC45CC6CC(CC(C6)C4)C5)cccc3c2=O)c(C)n1. The molecule has 1 amide bonds. The summed E-state index contributed by atoms with van der Waals surface area (Å²) in [6.07, 6.45) is 10.2. The van der Waals surface area contributed by atoms with Gasteiger partial charge in [-0.3, -0.25) is 19.1 Å². The Morgan fingerprint density at radius 3 is 2.36 bits per heavy atom. The molecule has 0 saturated heterocycles. The van der Waals surface area contributed by atoms with Gasteiger partial charge in [0.1, 0.15) is 0 Å². The minimum absolute atomic E-state index is 0.0900. The molecule has 4 aliphatic rings. The normalized spacial score (nSPS) is 27.8. The number of hydrogen-bond acceptors (Lipinski definition) is 3. The Morgan fingerprint density at radius 1 is 1.00 bits per heavy atom. The van der Waals surface area contributed by atoms with Crippen molar-refractivity contribution in [3.8, 4) is 5.69 Å². The first-order valence-electron chi connectivity index (χ1n) is 12.3. The standard InChI is InChI=1S/C28H31N3O2/c1-17-6-7-25(18(2)29-17)31-9-8-22-23(27(31)33)4-3-5-24(22)30-26(32)16-28-13-19-10-20(14-28)12-21(11-19)15-28/h3-9,19-21H,10-16H2,1-2H3,(H,30,32). The molecular formula is C28H31N3O2. The molecule has 0 unspecified atom stereocenters. The number of carbonyl (C=O) groups excluding carboxylic acids is 1. The van der Waals surface area contributed by atoms with Gasteiger partial charge in [0.05, 0.1) is 11.4 Å². The molecule has 4 bridgehead atoms. The van der Waals surface area contributed by atoms with E-state index < -0.39 is 0 Å². The number of aryl methyl sites for hydroxylation is 2. The number of pyridine rings is 2. The lowest BCUT2D eigenvalue weighted by atomic mass is 9.49. The number of carbonyl (C=O) groups is 1. The van der Waals surface area contributed by atoms with Gasteiger partial charge in [0.2, 0.25) is 5.91 Å². The molecule has 7 rings (SSSR count). The molecule has 4 saturated carbocycles. The smallest absolute Gasteiger partial charge is 0.263 e. The van der Waals surface area contributed by atoms with Gasteiger partial charge in [0, 0.05) is 34.8 Å². The molecular weight excluding hydrogens is 410 g/mol. The second-order valence-corrected chi connectivity index (χ2v) is 11.0. The average Bonchev–Trinajstić information content (AvgIpc) is 2.74. The quantitative estimate of drug-likeness (QED) is 0.577. The number of rotatable bonds is 4. The van der Waals surface area contributed by atoms with Crippen molar-refractivity contribution < 1.29 is 4.79 Å². The van der Waals surface area contributed by atoms with E-state index in [-0.39, 0.29) is 16.9 Å². The number of fused-ring (bicyclic) bond motifs is 1. The molecule has 2 aromatic heterocycles. The highest BCUT2D eigenvalue weighted by molar-refractivity contribution is 6.02. The fourth-order valence-electron chi connectivity index (χ4n) is 7.55. The van der Waals surface area contributed by atoms with Crippen LogP contribution in [0.3, 0.4) is 0 Å². The monoisotopic (exact) mass is 441 g/mol. The summed E-state index contributed by atoms with van der Waals surface area (Å²) in [5, 5.41) is 4.56. The number of anilines is 1. The van der Waals surface area contributed by atoms with Crippen LogP contribution in [0, 0.1) is 37.0 Å². The zero-order valence-electron chi connectivity index (χ0n) is 19.4. The molecule has 5 nitrogen and oxygen atoms in total. The van der Waals surface area contributed by atoms with Crippen LogP contribution in [0.25, 0.3) is 16.5 Å². The molecule has 0 spiro atoms. The predicted molar refractivity (Wildman–Crippen MR) is 131 cm³/mol. The van der Waals surface area contributed by atoms with Crippen LogP contribution in [0.4, 0.5) is 5.69 Å². The number of aromatic nitrogens is 2. The van der Waals surface area contributed by atoms with Crippen LogP contribution < -0.4 is 10.9 Å². The summed E-state index contributed by atoms with van der Waals surface area (Å²) in [5.41, 5.74) is 3.35. The van der Waals surface area contributed by atoms with E-state index in [0.29, 0.717) is 11.8 Å². The highest BCUT2D eigenvalue weighted by atomic mass is 16.1. The largest absolute Gasteiger partial charge is 0.325 e. The third-order valence-corrected chi connectivity index (χ3v) is 8.38. The molecule has 1 N–H and O–H groups in total. The summed E-state index contributed by atoms with van der Waals surface area (Å²) >= 11 is 0. The lowest BCUT2D eigenvalue weighted by Gasteiger charge is -2.56. The lowest BCUT2D eigenvalue weighted by Crippen LogP contribution is -2.47. The molecule has 3 aromatic rings. The fourth-order valence-corrected chi connectivity index (χ4v) is 7.55. The fraction of sp³-hybridized carbons (Fsp3) is 0.464. The van der Waals surface area contributed by atoms with Crippen molar-refractivity contribution >= 4 is 22.4 Å². The first-order valence-corrected chi connectivity index (χ1v) is 12.3. The van der Waals surface area contributed by atoms with Crippen LogP contribution in [-0.2, 0) is 4.79 Å². The number of amides is 1. The van der Waals surface area contributed by atoms with Gasteiger partial charge in [-0.1, -0.05) is 6.07 Å². The Labute approximate surface area is 194 Å². The van der Waals surface area contributed by atoms with Crippen molar-refractivity contribution in [1.29, 1.82) is 0 Å². The molecule has 0 atom stereocenters. The molecule has 0 radical (unpaired) electrons. The predicted octanol–water partition coefficient (Wildman–Crippen LogP) is 5.55. The maximum absolute atomic E-state index is 13.3. The van der Waals surface area contributed by atoms with Crippen LogP contribution in [0.15, 0.2) is 47.4 Å². The van der Waals surface area contributed by atoms with Crippen molar-refractivity contribution in [1.82, 2.24) is 9.55 Å². The molecule has 0 aliphatic heterocycles. The Bertz CT molecular complexity index is 1290. The van der Waals surface area contributed by atoms with E-state index in [2.05, 4.69) is 10.3 Å². The highest BCUT2D eigenvalue weighted by Gasteiger charge is 2.51. The zero-order valence-corrected chi connectivity index (χ0v) is 19.4. The highest BCUT2D eigenvalue weighted by Crippen LogP contribution is 2.61. The zero-order chi connectivity index (χ0) is 22.7. The minimum Gasteiger partial charge on any atom is -0.325 e. The molecule has 170 valence electrons. The van der Waals surface area contributed by atoms with Gasteiger partial charge in [-0.05, 0) is 106 Å². The second kappa shape index (κ2) is 7.54. The third kappa shape index (κ3) is 3.58. The molecule has 33 heavy (non-hydrogen) atoms. The maximum atomic E-state index is 13.3. The number of benzene rings is 1. The van der Waals surface area contributed by atoms with E-state index in [4.69, 9.17) is 0 Å². The van der Waals surface area contributed by atoms with Crippen molar-refractivity contribution in [2.24, 2.45) is 23.2 Å². The van der Waals surface area contributed by atoms with Gasteiger partial charge in [-0.2, -0.15) is 0 Å². The Morgan fingerprint density at radius 2 is 1.70 bits per heavy atom. The summed E-state index contributed by atoms with van der Waals surface area (Å²) in [6.45, 7) is 3.86. The van der Waals surface area contributed by atoms with Crippen molar-refractivity contribution in [3.63, 3.8) is 0 Å². The summed E-state index contributed by atoms with van der Waals surface area (Å²) < 4.78 is 1.64. The first kappa shape index (κ1) is 20.6. The molecule has 4 fully saturated rings. The summed E-state index contributed by atoms with van der Waals surface area (Å²) in [5.74, 6) is 2.59. The van der Waals surface area contributed by atoms with Gasteiger partial charge < -0.3 is 5.32 Å². The topological polar surface area (TPSA) is 64.0 Å². The van der Waals surface area contributed by atoms with Gasteiger partial charge in [-0.25, -0.2) is 0 Å². The molecule has 5 heteroatoms. The average molecular weight is 442 g/mol. The minimum atomic E-state index is -0.0987. The van der Waals surface area contributed by atoms with E-state index >= 15 is 0 Å². The number of nitrogens with one attached hydrogen (secondary N) is 1.